The fourth-order valence-electron chi connectivity index (χ4n) is 2.57. The highest BCUT2D eigenvalue weighted by Gasteiger charge is 2.06. The molecule has 0 nitrogen and oxygen atoms in total. The van der Waals surface area contributed by atoms with Crippen LogP contribution < -0.4 is 0 Å². The molecule has 0 aromatic carbocycles. The Labute approximate surface area is 116 Å². The molecule has 1 unspecified atom stereocenters. The minimum Gasteiger partial charge on any atom is -0.0888 e. The Morgan fingerprint density at radius 1 is 0.722 bits per heavy atom. The first-order chi connectivity index (χ1) is 8.85. The third kappa shape index (κ3) is 12.0. The molecule has 0 saturated heterocycles. The van der Waals surface area contributed by atoms with Crippen LogP contribution >= 0.6 is 0 Å². The Hall–Kier alpha value is -0.440. The van der Waals surface area contributed by atoms with Gasteiger partial charge in [-0.25, -0.2) is 0 Å². The highest BCUT2D eigenvalue weighted by molar-refractivity contribution is 4.80. The molecule has 0 bridgehead atoms. The van der Waals surface area contributed by atoms with Crippen molar-refractivity contribution in [1.82, 2.24) is 0 Å². The van der Waals surface area contributed by atoms with Crippen LogP contribution in [0.25, 0.3) is 0 Å². The molecule has 0 N–H and O–H groups in total. The fraction of sp³-hybridized carbons (Fsp3) is 0.889. The van der Waals surface area contributed by atoms with Crippen LogP contribution in [0.3, 0.4) is 0 Å². The second kappa shape index (κ2) is 14.6. The van der Waals surface area contributed by atoms with Crippen molar-refractivity contribution in [1.29, 1.82) is 0 Å². The lowest BCUT2D eigenvalue weighted by atomic mass is 9.92. The summed E-state index contributed by atoms with van der Waals surface area (Å²) in [5.41, 5.74) is 0. The molecule has 18 heavy (non-hydrogen) atoms. The molecule has 0 amide bonds. The smallest absolute Gasteiger partial charge is 0.0127 e. The van der Waals surface area contributed by atoms with Crippen LogP contribution in [-0.2, 0) is 0 Å². The monoisotopic (exact) mass is 249 g/mol. The van der Waals surface area contributed by atoms with Gasteiger partial charge in [0.2, 0.25) is 0 Å². The molecule has 0 aromatic heterocycles. The largest absolute Gasteiger partial charge is 0.0888 e. The predicted octanol–water partition coefficient (Wildman–Crippen LogP) is 6.30. The van der Waals surface area contributed by atoms with E-state index in [0.29, 0.717) is 0 Å². The Balaban J connectivity index is 3.48. The third-order valence-electron chi connectivity index (χ3n) is 3.82. The van der Waals surface area contributed by atoms with Crippen LogP contribution in [0.5, 0.6) is 0 Å². The lowest BCUT2D eigenvalue weighted by Crippen LogP contribution is -2.00. The zero-order valence-electron chi connectivity index (χ0n) is 12.8. The maximum absolute atomic E-state index is 7.17. The van der Waals surface area contributed by atoms with Gasteiger partial charge in [0, 0.05) is 6.42 Å². The average Bonchev–Trinajstić information content (AvgIpc) is 2.38. The van der Waals surface area contributed by atoms with Crippen LogP contribution in [0.15, 0.2) is 0 Å². The molecule has 0 aliphatic heterocycles. The summed E-state index contributed by atoms with van der Waals surface area (Å²) in [6.45, 7) is 4.53. The minimum absolute atomic E-state index is 0.741. The van der Waals surface area contributed by atoms with Crippen molar-refractivity contribution in [3.05, 3.63) is 6.42 Å². The Morgan fingerprint density at radius 2 is 1.17 bits per heavy atom. The second-order valence-corrected chi connectivity index (χ2v) is 5.65. The number of hydrogen-bond acceptors (Lipinski definition) is 0. The van der Waals surface area contributed by atoms with E-state index in [0.717, 1.165) is 12.3 Å². The van der Waals surface area contributed by atoms with E-state index in [1.165, 1.54) is 77.0 Å². The highest BCUT2D eigenvalue weighted by Crippen LogP contribution is 2.21. The van der Waals surface area contributed by atoms with Crippen LogP contribution in [0.4, 0.5) is 0 Å². The van der Waals surface area contributed by atoms with Crippen molar-refractivity contribution >= 4 is 0 Å². The number of rotatable bonds is 13. The molecule has 0 rings (SSSR count). The van der Waals surface area contributed by atoms with Crippen molar-refractivity contribution in [2.45, 2.75) is 97.3 Å². The molecule has 0 aliphatic rings. The van der Waals surface area contributed by atoms with E-state index in [9.17, 15) is 0 Å². The summed E-state index contributed by atoms with van der Waals surface area (Å²) in [5, 5.41) is 0. The SMILES string of the molecule is [C]#CCC(CCCCCC)CCCCCCCC. The lowest BCUT2D eigenvalue weighted by Gasteiger charge is -2.13. The van der Waals surface area contributed by atoms with E-state index >= 15 is 0 Å². The fourth-order valence-corrected chi connectivity index (χ4v) is 2.57. The van der Waals surface area contributed by atoms with Crippen LogP contribution in [-0.4, -0.2) is 0 Å². The normalized spacial score (nSPS) is 12.3. The van der Waals surface area contributed by atoms with Gasteiger partial charge in [0.05, 0.1) is 0 Å². The molecule has 0 spiro atoms. The van der Waals surface area contributed by atoms with Gasteiger partial charge in [-0.3, -0.25) is 0 Å². The van der Waals surface area contributed by atoms with E-state index in [-0.39, 0.29) is 0 Å². The van der Waals surface area contributed by atoms with E-state index in [1.54, 1.807) is 0 Å². The van der Waals surface area contributed by atoms with Gasteiger partial charge < -0.3 is 0 Å². The summed E-state index contributed by atoms with van der Waals surface area (Å²) < 4.78 is 0. The van der Waals surface area contributed by atoms with Crippen LogP contribution in [0.2, 0.25) is 0 Å². The van der Waals surface area contributed by atoms with Gasteiger partial charge in [0.1, 0.15) is 0 Å². The van der Waals surface area contributed by atoms with E-state index < -0.39 is 0 Å². The molecule has 0 aromatic rings. The Bertz CT molecular complexity index is 187. The number of hydrogen-bond donors (Lipinski definition) is 0. The summed E-state index contributed by atoms with van der Waals surface area (Å²) in [6.07, 6.45) is 24.4. The van der Waals surface area contributed by atoms with Crippen molar-refractivity contribution in [3.63, 3.8) is 0 Å². The summed E-state index contributed by atoms with van der Waals surface area (Å²) >= 11 is 0. The van der Waals surface area contributed by atoms with E-state index in [2.05, 4.69) is 19.8 Å². The van der Waals surface area contributed by atoms with Gasteiger partial charge >= 0.3 is 0 Å². The predicted molar refractivity (Wildman–Crippen MR) is 82.0 cm³/mol. The number of unbranched alkanes of at least 4 members (excludes halogenated alkanes) is 8. The van der Waals surface area contributed by atoms with Crippen molar-refractivity contribution in [2.24, 2.45) is 5.92 Å². The minimum atomic E-state index is 0.741. The van der Waals surface area contributed by atoms with E-state index in [1.807, 2.05) is 0 Å². The van der Waals surface area contributed by atoms with E-state index in [4.69, 9.17) is 6.42 Å². The van der Waals surface area contributed by atoms with Gasteiger partial charge in [0.15, 0.2) is 0 Å². The molecule has 1 radical (unpaired) electrons. The molecule has 1 atom stereocenters. The van der Waals surface area contributed by atoms with Gasteiger partial charge in [-0.15, -0.1) is 0 Å². The molecule has 0 heteroatoms. The molecule has 0 aliphatic carbocycles. The maximum Gasteiger partial charge on any atom is 0.0127 e. The van der Waals surface area contributed by atoms with Crippen molar-refractivity contribution in [3.8, 4) is 5.92 Å². The first-order valence-electron chi connectivity index (χ1n) is 8.24. The summed E-state index contributed by atoms with van der Waals surface area (Å²) in [5.74, 6) is 3.36. The summed E-state index contributed by atoms with van der Waals surface area (Å²) in [4.78, 5) is 0. The highest BCUT2D eigenvalue weighted by atomic mass is 14.1. The van der Waals surface area contributed by atoms with Crippen molar-refractivity contribution in [2.75, 3.05) is 0 Å². The van der Waals surface area contributed by atoms with Crippen molar-refractivity contribution < 1.29 is 0 Å². The van der Waals surface area contributed by atoms with Crippen LogP contribution in [0.1, 0.15) is 97.3 Å². The Morgan fingerprint density at radius 3 is 1.67 bits per heavy atom. The van der Waals surface area contributed by atoms with Gasteiger partial charge in [-0.1, -0.05) is 84.0 Å². The average molecular weight is 249 g/mol. The Kier molecular flexibility index (Phi) is 14.3. The zero-order chi connectivity index (χ0) is 13.5. The first kappa shape index (κ1) is 17.6. The van der Waals surface area contributed by atoms with Crippen LogP contribution in [0, 0.1) is 18.3 Å². The first-order valence-corrected chi connectivity index (χ1v) is 8.24. The maximum atomic E-state index is 7.17. The van der Waals surface area contributed by atoms with Gasteiger partial charge in [0.25, 0.3) is 0 Å². The quantitative estimate of drug-likeness (QED) is 0.265. The molecule has 0 fully saturated rings. The molecular formula is C18H33. The van der Waals surface area contributed by atoms with Gasteiger partial charge in [-0.2, -0.15) is 0 Å². The zero-order valence-corrected chi connectivity index (χ0v) is 12.8. The molecule has 0 saturated carbocycles. The summed E-state index contributed by atoms with van der Waals surface area (Å²) in [6, 6.07) is 0. The second-order valence-electron chi connectivity index (χ2n) is 5.65. The third-order valence-corrected chi connectivity index (χ3v) is 3.82. The summed E-state index contributed by atoms with van der Waals surface area (Å²) in [7, 11) is 0. The topological polar surface area (TPSA) is 0 Å². The molecular weight excluding hydrogens is 216 g/mol. The molecule has 0 heterocycles. The lowest BCUT2D eigenvalue weighted by molar-refractivity contribution is 0.412. The molecule has 105 valence electrons. The van der Waals surface area contributed by atoms with Gasteiger partial charge in [-0.05, 0) is 25.2 Å². The standard InChI is InChI=1S/C18H33/c1-4-7-9-11-12-14-17-18(15-6-3)16-13-10-8-5-2/h18H,4-5,7-17H2,1-2H3.